The van der Waals surface area contributed by atoms with Crippen LogP contribution in [-0.4, -0.2) is 46.7 Å². The van der Waals surface area contributed by atoms with Gasteiger partial charge in [-0.25, -0.2) is 28.5 Å². The number of alkyl halides is 2. The highest BCUT2D eigenvalue weighted by atomic mass is 19.3. The molecule has 32 heavy (non-hydrogen) atoms. The Kier molecular flexibility index (Phi) is 5.19. The molecule has 1 saturated heterocycles. The molecule has 0 aromatic carbocycles. The summed E-state index contributed by atoms with van der Waals surface area (Å²) in [7, 11) is 0. The van der Waals surface area contributed by atoms with Crippen LogP contribution in [0.5, 0.6) is 0 Å². The van der Waals surface area contributed by atoms with E-state index in [-0.39, 0.29) is 23.9 Å². The molecule has 2 aliphatic heterocycles. The van der Waals surface area contributed by atoms with Gasteiger partial charge in [-0.1, -0.05) is 6.92 Å². The van der Waals surface area contributed by atoms with E-state index in [1.165, 1.54) is 25.4 Å². The zero-order valence-electron chi connectivity index (χ0n) is 18.1. The average Bonchev–Trinajstić information content (AvgIpc) is 3.63. The minimum absolute atomic E-state index is 0.0951. The van der Waals surface area contributed by atoms with Crippen molar-refractivity contribution in [1.82, 2.24) is 20.3 Å². The number of piperazine rings is 1. The van der Waals surface area contributed by atoms with Crippen molar-refractivity contribution < 1.29 is 18.3 Å². The number of aromatic nitrogens is 3. The number of nitrogens with one attached hydrogen (secondary N) is 2. The average molecular weight is 444 g/mol. The zero-order valence-corrected chi connectivity index (χ0v) is 18.1. The summed E-state index contributed by atoms with van der Waals surface area (Å²) in [6.07, 6.45) is 1.79. The molecule has 2 aromatic rings. The smallest absolute Gasteiger partial charge is 0.413 e. The Morgan fingerprint density at radius 2 is 2.09 bits per heavy atom. The fraction of sp³-hybridized carbons (Fsp3) is 0.545. The second-order valence-corrected chi connectivity index (χ2v) is 8.73. The Labute approximate surface area is 184 Å². The molecule has 1 aliphatic carbocycles. The van der Waals surface area contributed by atoms with Gasteiger partial charge in [0.25, 0.3) is 5.92 Å². The van der Waals surface area contributed by atoms with Crippen LogP contribution in [-0.2, 0) is 10.7 Å². The summed E-state index contributed by atoms with van der Waals surface area (Å²) in [4.78, 5) is 27.4. The maximum absolute atomic E-state index is 14.8. The quantitative estimate of drug-likeness (QED) is 0.724. The van der Waals surface area contributed by atoms with Gasteiger partial charge in [-0.05, 0) is 31.9 Å². The fourth-order valence-electron chi connectivity index (χ4n) is 4.36. The molecule has 3 aliphatic rings. The Balaban J connectivity index is 1.65. The number of cyclic esters (lactones) is 1. The molecule has 2 N–H and O–H groups in total. The number of hydrogen-bond acceptors (Lipinski definition) is 7. The number of fused-ring (bicyclic) bond motifs is 1. The Morgan fingerprint density at radius 3 is 2.81 bits per heavy atom. The van der Waals surface area contributed by atoms with Crippen molar-refractivity contribution >= 4 is 17.7 Å². The second kappa shape index (κ2) is 7.91. The second-order valence-electron chi connectivity index (χ2n) is 8.73. The third-order valence-corrected chi connectivity index (χ3v) is 6.29. The Hall–Kier alpha value is -2.88. The van der Waals surface area contributed by atoms with E-state index >= 15 is 0 Å². The minimum atomic E-state index is -3.00. The molecule has 2 aromatic heterocycles. The summed E-state index contributed by atoms with van der Waals surface area (Å²) in [5.74, 6) is -1.97. The zero-order chi connectivity index (χ0) is 22.5. The minimum Gasteiger partial charge on any atom is -0.441 e. The third-order valence-electron chi connectivity index (χ3n) is 6.29. The molecule has 2 fully saturated rings. The van der Waals surface area contributed by atoms with Crippen LogP contribution in [0.3, 0.4) is 0 Å². The number of carbonyl (C=O) groups is 1. The normalized spacial score (nSPS) is 23.4. The van der Waals surface area contributed by atoms with E-state index < -0.39 is 18.1 Å². The molecule has 10 heteroatoms. The van der Waals surface area contributed by atoms with Gasteiger partial charge in [-0.15, -0.1) is 0 Å². The summed E-state index contributed by atoms with van der Waals surface area (Å²) in [6, 6.07) is 3.11. The molecular weight excluding hydrogens is 418 g/mol. The van der Waals surface area contributed by atoms with Gasteiger partial charge in [0.2, 0.25) is 0 Å². The summed E-state index contributed by atoms with van der Waals surface area (Å²) in [6.45, 7) is 5.60. The SMILES string of the molecule is CCC(F)(F)c1cc(-c2ncnc3c2[C@@H](C2CC2)OC(=O)N3)nc(N2CCN[C@@H](C)C2)c1. The van der Waals surface area contributed by atoms with Gasteiger partial charge in [-0.3, -0.25) is 5.32 Å². The number of pyridine rings is 1. The van der Waals surface area contributed by atoms with E-state index in [0.717, 1.165) is 19.4 Å². The van der Waals surface area contributed by atoms with Crippen molar-refractivity contribution in [1.29, 1.82) is 0 Å². The molecule has 1 amide bonds. The van der Waals surface area contributed by atoms with Crippen molar-refractivity contribution in [2.24, 2.45) is 5.92 Å². The molecule has 4 heterocycles. The summed E-state index contributed by atoms with van der Waals surface area (Å²) in [5, 5.41) is 5.97. The molecule has 8 nitrogen and oxygen atoms in total. The molecule has 170 valence electrons. The monoisotopic (exact) mass is 444 g/mol. The van der Waals surface area contributed by atoms with Gasteiger partial charge in [0, 0.05) is 43.6 Å². The third kappa shape index (κ3) is 3.87. The first-order chi connectivity index (χ1) is 15.4. The first-order valence-corrected chi connectivity index (χ1v) is 11.1. The van der Waals surface area contributed by atoms with Gasteiger partial charge < -0.3 is 15.0 Å². The van der Waals surface area contributed by atoms with E-state index in [1.54, 1.807) is 0 Å². The highest BCUT2D eigenvalue weighted by Gasteiger charge is 2.42. The highest BCUT2D eigenvalue weighted by Crippen LogP contribution is 2.49. The van der Waals surface area contributed by atoms with E-state index in [9.17, 15) is 13.6 Å². The van der Waals surface area contributed by atoms with Gasteiger partial charge in [0.15, 0.2) is 0 Å². The van der Waals surface area contributed by atoms with Crippen molar-refractivity contribution in [3.63, 3.8) is 0 Å². The molecular formula is C22H26F2N6O2. The summed E-state index contributed by atoms with van der Waals surface area (Å²) in [5.41, 5.74) is 1.27. The number of hydrogen-bond donors (Lipinski definition) is 2. The lowest BCUT2D eigenvalue weighted by Gasteiger charge is -2.33. The van der Waals surface area contributed by atoms with E-state index in [0.29, 0.717) is 41.7 Å². The van der Waals surface area contributed by atoms with Crippen LogP contribution < -0.4 is 15.5 Å². The number of ether oxygens (including phenoxy) is 1. The number of anilines is 2. The Morgan fingerprint density at radius 1 is 1.28 bits per heavy atom. The number of rotatable bonds is 5. The summed E-state index contributed by atoms with van der Waals surface area (Å²) >= 11 is 0. The molecule has 1 saturated carbocycles. The first kappa shape index (κ1) is 21.0. The van der Waals surface area contributed by atoms with Gasteiger partial charge in [-0.2, -0.15) is 0 Å². The lowest BCUT2D eigenvalue weighted by Crippen LogP contribution is -2.49. The molecule has 0 radical (unpaired) electrons. The maximum atomic E-state index is 14.8. The number of halogens is 2. The van der Waals surface area contributed by atoms with Crippen molar-refractivity contribution in [3.8, 4) is 11.4 Å². The fourth-order valence-corrected chi connectivity index (χ4v) is 4.36. The van der Waals surface area contributed by atoms with Crippen LogP contribution in [0.4, 0.5) is 25.2 Å². The molecule has 0 unspecified atom stereocenters. The lowest BCUT2D eigenvalue weighted by atomic mass is 9.98. The lowest BCUT2D eigenvalue weighted by molar-refractivity contribution is -0.00828. The molecule has 2 atom stereocenters. The van der Waals surface area contributed by atoms with Crippen LogP contribution >= 0.6 is 0 Å². The van der Waals surface area contributed by atoms with Crippen molar-refractivity contribution in [2.45, 2.75) is 51.2 Å². The van der Waals surface area contributed by atoms with Gasteiger partial charge in [0.05, 0.1) is 11.3 Å². The van der Waals surface area contributed by atoms with Crippen LogP contribution in [0.2, 0.25) is 0 Å². The van der Waals surface area contributed by atoms with Crippen molar-refractivity contribution in [3.05, 3.63) is 29.6 Å². The maximum Gasteiger partial charge on any atom is 0.413 e. The van der Waals surface area contributed by atoms with Gasteiger partial charge >= 0.3 is 6.09 Å². The van der Waals surface area contributed by atoms with E-state index in [2.05, 4.69) is 27.5 Å². The van der Waals surface area contributed by atoms with Crippen LogP contribution in [0.1, 0.15) is 50.3 Å². The Bertz CT molecular complexity index is 1050. The number of amides is 1. The molecule has 5 rings (SSSR count). The van der Waals surface area contributed by atoms with E-state index in [4.69, 9.17) is 9.72 Å². The topological polar surface area (TPSA) is 92.3 Å². The molecule has 0 spiro atoms. The van der Waals surface area contributed by atoms with Crippen LogP contribution in [0, 0.1) is 5.92 Å². The largest absolute Gasteiger partial charge is 0.441 e. The number of nitrogens with zero attached hydrogens (tertiary/aromatic N) is 4. The standard InChI is InChI=1S/C22H26F2N6O2/c1-3-22(23,24)14-8-15(28-16(9-14)30-7-6-25-12(2)10-30)18-17-19(13-4-5-13)32-21(31)29-20(17)27-11-26-18/h8-9,11-13,19,25H,3-7,10H2,1-2H3,(H,26,27,29,31)/t12-,19+/m0/s1. The van der Waals surface area contributed by atoms with Crippen molar-refractivity contribution in [2.75, 3.05) is 29.9 Å². The van der Waals surface area contributed by atoms with E-state index in [1.807, 2.05) is 4.90 Å². The predicted molar refractivity (Wildman–Crippen MR) is 115 cm³/mol. The van der Waals surface area contributed by atoms with Gasteiger partial charge in [0.1, 0.15) is 29.8 Å². The highest BCUT2D eigenvalue weighted by molar-refractivity contribution is 5.88. The van der Waals surface area contributed by atoms with Crippen LogP contribution in [0.15, 0.2) is 18.5 Å². The van der Waals surface area contributed by atoms with Crippen LogP contribution in [0.25, 0.3) is 11.4 Å². The summed E-state index contributed by atoms with van der Waals surface area (Å²) < 4.78 is 35.2. The predicted octanol–water partition coefficient (Wildman–Crippen LogP) is 3.85. The first-order valence-electron chi connectivity index (χ1n) is 11.1. The number of carbonyl (C=O) groups excluding carboxylic acids is 1. The molecule has 0 bridgehead atoms.